The predicted molar refractivity (Wildman–Crippen MR) is 90.4 cm³/mol. The molecule has 0 unspecified atom stereocenters. The van der Waals surface area contributed by atoms with Crippen LogP contribution in [0.15, 0.2) is 24.3 Å². The first-order chi connectivity index (χ1) is 11.1. The molecule has 0 bridgehead atoms. The number of sulfonamides is 1. The summed E-state index contributed by atoms with van der Waals surface area (Å²) in [5.41, 5.74) is 1.22. The van der Waals surface area contributed by atoms with Gasteiger partial charge in [0.15, 0.2) is 0 Å². The summed E-state index contributed by atoms with van der Waals surface area (Å²) in [5, 5.41) is 0. The van der Waals surface area contributed by atoms with Crippen molar-refractivity contribution in [1.29, 1.82) is 0 Å². The molecule has 0 amide bonds. The van der Waals surface area contributed by atoms with Crippen LogP contribution in [0, 0.1) is 0 Å². The minimum atomic E-state index is -3.26. The van der Waals surface area contributed by atoms with E-state index in [1.54, 1.807) is 14.2 Å². The Balaban J connectivity index is 2.10. The lowest BCUT2D eigenvalue weighted by molar-refractivity contribution is 0.0784. The molecule has 0 aromatic heterocycles. The highest BCUT2D eigenvalue weighted by Gasteiger charge is 2.08. The first-order valence-electron chi connectivity index (χ1n) is 7.74. The van der Waals surface area contributed by atoms with E-state index in [1.807, 2.05) is 24.3 Å². The zero-order valence-corrected chi connectivity index (χ0v) is 14.7. The van der Waals surface area contributed by atoms with Crippen LogP contribution in [0.2, 0.25) is 0 Å². The third-order valence-electron chi connectivity index (χ3n) is 3.30. The molecule has 0 aliphatic heterocycles. The van der Waals surface area contributed by atoms with E-state index < -0.39 is 10.0 Å². The molecule has 0 atom stereocenters. The standard InChI is InChI=1S/C16H27NO5S/c1-20-11-12-22-13-14-23(18,19)17-10-4-3-5-15-6-8-16(21-2)9-7-15/h6-9,17H,3-5,10-14H2,1-2H3. The summed E-state index contributed by atoms with van der Waals surface area (Å²) in [4.78, 5) is 0. The van der Waals surface area contributed by atoms with Gasteiger partial charge < -0.3 is 14.2 Å². The lowest BCUT2D eigenvalue weighted by Gasteiger charge is -2.07. The minimum absolute atomic E-state index is 0.0187. The van der Waals surface area contributed by atoms with Gasteiger partial charge in [-0.3, -0.25) is 0 Å². The van der Waals surface area contributed by atoms with E-state index in [0.29, 0.717) is 19.8 Å². The maximum Gasteiger partial charge on any atom is 0.213 e. The highest BCUT2D eigenvalue weighted by molar-refractivity contribution is 7.89. The number of benzene rings is 1. The van der Waals surface area contributed by atoms with Gasteiger partial charge in [-0.05, 0) is 37.0 Å². The molecule has 132 valence electrons. The highest BCUT2D eigenvalue weighted by Crippen LogP contribution is 2.12. The first-order valence-corrected chi connectivity index (χ1v) is 9.39. The third-order valence-corrected chi connectivity index (χ3v) is 4.65. The van der Waals surface area contributed by atoms with Crippen molar-refractivity contribution in [2.24, 2.45) is 0 Å². The van der Waals surface area contributed by atoms with Gasteiger partial charge in [-0.15, -0.1) is 0 Å². The third kappa shape index (κ3) is 9.55. The fourth-order valence-corrected chi connectivity index (χ4v) is 2.90. The van der Waals surface area contributed by atoms with E-state index in [-0.39, 0.29) is 12.4 Å². The summed E-state index contributed by atoms with van der Waals surface area (Å²) in [6.07, 6.45) is 2.65. The van der Waals surface area contributed by atoms with Crippen LogP contribution in [0.1, 0.15) is 18.4 Å². The van der Waals surface area contributed by atoms with Crippen LogP contribution in [0.5, 0.6) is 5.75 Å². The zero-order chi connectivity index (χ0) is 17.0. The quantitative estimate of drug-likeness (QED) is 0.550. The normalized spacial score (nSPS) is 11.6. The number of nitrogens with one attached hydrogen (secondary N) is 1. The highest BCUT2D eigenvalue weighted by atomic mass is 32.2. The van der Waals surface area contributed by atoms with Crippen LogP contribution < -0.4 is 9.46 Å². The molecule has 0 heterocycles. The Morgan fingerprint density at radius 2 is 1.74 bits per heavy atom. The summed E-state index contributed by atoms with van der Waals surface area (Å²) >= 11 is 0. The Morgan fingerprint density at radius 3 is 2.39 bits per heavy atom. The molecule has 0 aliphatic rings. The Labute approximate surface area is 139 Å². The minimum Gasteiger partial charge on any atom is -0.497 e. The molecule has 23 heavy (non-hydrogen) atoms. The van der Waals surface area contributed by atoms with Crippen molar-refractivity contribution in [3.05, 3.63) is 29.8 Å². The van der Waals surface area contributed by atoms with Crippen LogP contribution in [-0.2, 0) is 25.9 Å². The lowest BCUT2D eigenvalue weighted by atomic mass is 10.1. The van der Waals surface area contributed by atoms with E-state index in [1.165, 1.54) is 5.56 Å². The number of unbranched alkanes of at least 4 members (excludes halogenated alkanes) is 1. The van der Waals surface area contributed by atoms with Gasteiger partial charge in [0.25, 0.3) is 0 Å². The summed E-state index contributed by atoms with van der Waals surface area (Å²) < 4.78 is 41.1. The van der Waals surface area contributed by atoms with Crippen molar-refractivity contribution in [2.45, 2.75) is 19.3 Å². The predicted octanol–water partition coefficient (Wildman–Crippen LogP) is 1.60. The molecule has 1 rings (SSSR count). The van der Waals surface area contributed by atoms with Gasteiger partial charge in [0, 0.05) is 13.7 Å². The lowest BCUT2D eigenvalue weighted by Crippen LogP contribution is -2.29. The molecule has 7 heteroatoms. The second kappa shape index (κ2) is 11.4. The number of rotatable bonds is 13. The molecule has 0 fully saturated rings. The maximum atomic E-state index is 11.7. The van der Waals surface area contributed by atoms with E-state index in [0.717, 1.165) is 25.0 Å². The molecule has 0 spiro atoms. The van der Waals surface area contributed by atoms with Crippen molar-refractivity contribution in [3.63, 3.8) is 0 Å². The second-order valence-electron chi connectivity index (χ2n) is 5.12. The molecule has 1 aromatic rings. The molecule has 0 radical (unpaired) electrons. The summed E-state index contributed by atoms with van der Waals surface area (Å²) in [6.45, 7) is 1.52. The monoisotopic (exact) mass is 345 g/mol. The van der Waals surface area contributed by atoms with Crippen molar-refractivity contribution >= 4 is 10.0 Å². The van der Waals surface area contributed by atoms with E-state index in [9.17, 15) is 8.42 Å². The fraction of sp³-hybridized carbons (Fsp3) is 0.625. The van der Waals surface area contributed by atoms with Crippen molar-refractivity contribution in [2.75, 3.05) is 46.3 Å². The van der Waals surface area contributed by atoms with Crippen LogP contribution in [0.3, 0.4) is 0 Å². The Hall–Kier alpha value is -1.15. The number of methoxy groups -OCH3 is 2. The SMILES string of the molecule is COCCOCCS(=O)(=O)NCCCCc1ccc(OC)cc1. The van der Waals surface area contributed by atoms with Crippen LogP contribution >= 0.6 is 0 Å². The number of ether oxygens (including phenoxy) is 3. The zero-order valence-electron chi connectivity index (χ0n) is 13.9. The van der Waals surface area contributed by atoms with E-state index >= 15 is 0 Å². The molecule has 0 aliphatic carbocycles. The molecule has 0 saturated heterocycles. The van der Waals surface area contributed by atoms with Gasteiger partial charge in [-0.2, -0.15) is 0 Å². The largest absolute Gasteiger partial charge is 0.497 e. The Morgan fingerprint density at radius 1 is 1.00 bits per heavy atom. The average molecular weight is 345 g/mol. The summed E-state index contributed by atoms with van der Waals surface area (Å²) in [5.74, 6) is 0.823. The molecule has 1 aromatic carbocycles. The maximum absolute atomic E-state index is 11.7. The van der Waals surface area contributed by atoms with Gasteiger partial charge in [0.2, 0.25) is 10.0 Å². The molecular weight excluding hydrogens is 318 g/mol. The second-order valence-corrected chi connectivity index (χ2v) is 7.05. The average Bonchev–Trinajstić information content (AvgIpc) is 2.55. The van der Waals surface area contributed by atoms with Crippen LogP contribution in [0.25, 0.3) is 0 Å². The van der Waals surface area contributed by atoms with Gasteiger partial charge in [0.1, 0.15) is 5.75 Å². The van der Waals surface area contributed by atoms with Gasteiger partial charge >= 0.3 is 0 Å². The van der Waals surface area contributed by atoms with Crippen LogP contribution in [0.4, 0.5) is 0 Å². The first kappa shape index (κ1) is 19.9. The van der Waals surface area contributed by atoms with Gasteiger partial charge in [-0.1, -0.05) is 12.1 Å². The van der Waals surface area contributed by atoms with Gasteiger partial charge in [-0.25, -0.2) is 13.1 Å². The summed E-state index contributed by atoms with van der Waals surface area (Å²) in [6, 6.07) is 7.92. The van der Waals surface area contributed by atoms with E-state index in [2.05, 4.69) is 4.72 Å². The molecule has 0 saturated carbocycles. The number of aryl methyl sites for hydroxylation is 1. The van der Waals surface area contributed by atoms with Crippen LogP contribution in [-0.4, -0.2) is 54.8 Å². The fourth-order valence-electron chi connectivity index (χ4n) is 1.96. The van der Waals surface area contributed by atoms with Crippen molar-refractivity contribution in [3.8, 4) is 5.75 Å². The van der Waals surface area contributed by atoms with Crippen molar-refractivity contribution in [1.82, 2.24) is 4.72 Å². The van der Waals surface area contributed by atoms with Crippen molar-refractivity contribution < 1.29 is 22.6 Å². The molecule has 6 nitrogen and oxygen atoms in total. The Kier molecular flexibility index (Phi) is 9.86. The topological polar surface area (TPSA) is 73.9 Å². The number of hydrogen-bond donors (Lipinski definition) is 1. The Bertz CT molecular complexity index is 516. The van der Waals surface area contributed by atoms with Gasteiger partial charge in [0.05, 0.1) is 32.7 Å². The number of hydrogen-bond acceptors (Lipinski definition) is 5. The molecule has 1 N–H and O–H groups in total. The smallest absolute Gasteiger partial charge is 0.213 e. The van der Waals surface area contributed by atoms with E-state index in [4.69, 9.17) is 14.2 Å². The summed E-state index contributed by atoms with van der Waals surface area (Å²) in [7, 11) is -0.0356. The molecular formula is C16H27NO5S.